The Labute approximate surface area is 242 Å². The van der Waals surface area contributed by atoms with E-state index in [-0.39, 0.29) is 22.9 Å². The molecule has 0 saturated heterocycles. The Kier molecular flexibility index (Phi) is 8.75. The Bertz CT molecular complexity index is 1790. The second kappa shape index (κ2) is 12.4. The molecule has 1 aliphatic heterocycles. The molecule has 3 heterocycles. The number of carbonyl (C=O) groups excluding carboxylic acids is 2. The first kappa shape index (κ1) is 30.3. The van der Waals surface area contributed by atoms with Gasteiger partial charge in [-0.1, -0.05) is 18.2 Å². The van der Waals surface area contributed by atoms with Crippen molar-refractivity contribution in [2.75, 3.05) is 12.0 Å². The summed E-state index contributed by atoms with van der Waals surface area (Å²) in [5.41, 5.74) is 0.241. The molecule has 1 N–H and O–H groups in total. The van der Waals surface area contributed by atoms with Crippen molar-refractivity contribution >= 4 is 24.1 Å². The number of nitriles is 1. The maximum absolute atomic E-state index is 13.6. The Morgan fingerprint density at radius 3 is 2.51 bits per heavy atom. The quantitative estimate of drug-likeness (QED) is 0.211. The minimum atomic E-state index is -4.62. The minimum Gasteiger partial charge on any atom is -0.554 e. The van der Waals surface area contributed by atoms with Crippen molar-refractivity contribution in [2.24, 2.45) is 0 Å². The summed E-state index contributed by atoms with van der Waals surface area (Å²) in [6, 6.07) is 16.0. The van der Waals surface area contributed by atoms with Gasteiger partial charge in [-0.25, -0.2) is 23.8 Å². The van der Waals surface area contributed by atoms with E-state index < -0.39 is 35.9 Å². The van der Waals surface area contributed by atoms with Crippen LogP contribution >= 0.6 is 0 Å². The van der Waals surface area contributed by atoms with Crippen LogP contribution in [-0.4, -0.2) is 34.3 Å². The maximum atomic E-state index is 13.6. The third-order valence-electron chi connectivity index (χ3n) is 6.68. The summed E-state index contributed by atoms with van der Waals surface area (Å²) in [6.07, 6.45) is -0.956. The Morgan fingerprint density at radius 1 is 1.19 bits per heavy atom. The van der Waals surface area contributed by atoms with Gasteiger partial charge in [0.2, 0.25) is 5.95 Å². The molecule has 220 valence electrons. The highest BCUT2D eigenvalue weighted by atomic mass is 19.4. The molecule has 14 heteroatoms. The molecule has 2 aromatic heterocycles. The summed E-state index contributed by atoms with van der Waals surface area (Å²) >= 11 is 0. The molecular formula is C29H23F3N6O5. The molecule has 0 aliphatic carbocycles. The number of carboxylic acid groups (broad SMARTS) is 1. The van der Waals surface area contributed by atoms with Crippen LogP contribution in [0.25, 0.3) is 0 Å². The van der Waals surface area contributed by atoms with Crippen LogP contribution in [0.2, 0.25) is 0 Å². The fourth-order valence-corrected chi connectivity index (χ4v) is 4.89. The number of aromatic amines is 1. The van der Waals surface area contributed by atoms with Gasteiger partial charge in [0.1, 0.15) is 6.04 Å². The number of hydrogen-bond acceptors (Lipinski definition) is 8. The number of H-pyrrole nitrogens is 1. The molecule has 0 unspecified atom stereocenters. The smallest absolute Gasteiger partial charge is 0.416 e. The van der Waals surface area contributed by atoms with Gasteiger partial charge in [-0.3, -0.25) is 4.90 Å². The number of aromatic nitrogens is 4. The predicted molar refractivity (Wildman–Crippen MR) is 142 cm³/mol. The number of nitrogens with zero attached hydrogens (tertiary/aromatic N) is 5. The van der Waals surface area contributed by atoms with Crippen molar-refractivity contribution in [3.63, 3.8) is 0 Å². The molecule has 0 spiro atoms. The first-order valence-electron chi connectivity index (χ1n) is 12.5. The average molecular weight is 593 g/mol. The normalized spacial score (nSPS) is 14.2. The zero-order chi connectivity index (χ0) is 31.3. The van der Waals surface area contributed by atoms with E-state index in [0.717, 1.165) is 12.1 Å². The van der Waals surface area contributed by atoms with Crippen LogP contribution in [0.4, 0.5) is 24.8 Å². The van der Waals surface area contributed by atoms with Gasteiger partial charge in [0.15, 0.2) is 18.9 Å². The highest BCUT2D eigenvalue weighted by Crippen LogP contribution is 2.43. The lowest BCUT2D eigenvalue weighted by atomic mass is 9.90. The molecule has 0 amide bonds. The van der Waals surface area contributed by atoms with Gasteiger partial charge in [0.05, 0.1) is 29.9 Å². The van der Waals surface area contributed by atoms with Crippen LogP contribution in [0.1, 0.15) is 35.2 Å². The number of rotatable bonds is 5. The number of pyridine rings is 1. The summed E-state index contributed by atoms with van der Waals surface area (Å²) in [6.45, 7) is 1.35. The molecule has 2 aromatic carbocycles. The second-order valence-corrected chi connectivity index (χ2v) is 9.14. The summed E-state index contributed by atoms with van der Waals surface area (Å²) < 4.78 is 48.8. The third-order valence-corrected chi connectivity index (χ3v) is 6.68. The van der Waals surface area contributed by atoms with Crippen LogP contribution < -0.4 is 20.3 Å². The molecule has 43 heavy (non-hydrogen) atoms. The van der Waals surface area contributed by atoms with E-state index in [2.05, 4.69) is 16.3 Å². The predicted octanol–water partition coefficient (Wildman–Crippen LogP) is 2.35. The zero-order valence-electron chi connectivity index (χ0n) is 22.7. The zero-order valence-corrected chi connectivity index (χ0v) is 22.7. The molecule has 0 saturated carbocycles. The molecule has 0 bridgehead atoms. The van der Waals surface area contributed by atoms with Crippen molar-refractivity contribution in [1.29, 1.82) is 5.26 Å². The molecule has 4 aromatic rings. The lowest BCUT2D eigenvalue weighted by Gasteiger charge is -2.36. The van der Waals surface area contributed by atoms with Crippen molar-refractivity contribution in [3.8, 4) is 6.07 Å². The van der Waals surface area contributed by atoms with Crippen molar-refractivity contribution in [3.05, 3.63) is 117 Å². The van der Waals surface area contributed by atoms with Crippen molar-refractivity contribution in [2.45, 2.75) is 25.7 Å². The van der Waals surface area contributed by atoms with Crippen LogP contribution in [0.15, 0.2) is 89.1 Å². The van der Waals surface area contributed by atoms with Gasteiger partial charge in [-0.2, -0.15) is 18.4 Å². The van der Waals surface area contributed by atoms with E-state index in [1.165, 1.54) is 28.7 Å². The number of halogens is 3. The van der Waals surface area contributed by atoms with Gasteiger partial charge in [-0.15, -0.1) is 5.10 Å². The fourth-order valence-electron chi connectivity index (χ4n) is 4.89. The molecule has 0 fully saturated rings. The number of methoxy groups -OCH3 is 1. The standard InChI is InChI=1S/C28H21F3N6O3.CH2O2/c1-17-23(25(38)40-2)24(22-10-9-18(15-32)13-19(22)16-35-11-4-3-5-12-35)37-26(33-34-27(37)39)36(17)21-8-6-7-20(14-21)28(29,30)31;2-1-3/h3-14,24H,16H2,1-2H3;1H,(H,2,3)/t24-;/m1./s1. The molecular weight excluding hydrogens is 569 g/mol. The van der Waals surface area contributed by atoms with E-state index >= 15 is 0 Å². The highest BCUT2D eigenvalue weighted by Gasteiger charge is 2.41. The summed E-state index contributed by atoms with van der Waals surface area (Å²) in [5, 5.41) is 24.3. The number of nitrogens with one attached hydrogen (secondary N) is 1. The number of ether oxygens (including phenoxy) is 1. The van der Waals surface area contributed by atoms with E-state index in [9.17, 15) is 28.0 Å². The number of carbonyl (C=O) groups is 2. The topological polar surface area (TPSA) is 148 Å². The highest BCUT2D eigenvalue weighted by molar-refractivity contribution is 5.93. The number of anilines is 2. The number of alkyl halides is 3. The average Bonchev–Trinajstić information content (AvgIpc) is 3.37. The fraction of sp³-hybridized carbons (Fsp3) is 0.172. The Balaban J connectivity index is 0.00000135. The van der Waals surface area contributed by atoms with Crippen LogP contribution in [-0.2, 0) is 27.0 Å². The van der Waals surface area contributed by atoms with Gasteiger partial charge < -0.3 is 14.6 Å². The Hall–Kier alpha value is -5.71. The molecule has 11 nitrogen and oxygen atoms in total. The first-order chi connectivity index (χ1) is 20.5. The van der Waals surface area contributed by atoms with Gasteiger partial charge in [-0.05, 0) is 42.8 Å². The maximum Gasteiger partial charge on any atom is 0.416 e. The summed E-state index contributed by atoms with van der Waals surface area (Å²) in [5.74, 6) is -0.789. The number of benzene rings is 2. The molecule has 5 rings (SSSR count). The van der Waals surface area contributed by atoms with Crippen LogP contribution in [0.3, 0.4) is 0 Å². The minimum absolute atomic E-state index is 0.0119. The van der Waals surface area contributed by atoms with Crippen molar-refractivity contribution < 1.29 is 37.2 Å². The summed E-state index contributed by atoms with van der Waals surface area (Å²) in [4.78, 5) is 36.1. The van der Waals surface area contributed by atoms with E-state index in [1.54, 1.807) is 25.1 Å². The monoisotopic (exact) mass is 592 g/mol. The lowest BCUT2D eigenvalue weighted by molar-refractivity contribution is -0.688. The number of fused-ring (bicyclic) bond motifs is 1. The van der Waals surface area contributed by atoms with Gasteiger partial charge in [0.25, 0.3) is 0 Å². The molecule has 1 atom stereocenters. The number of allylic oxidation sites excluding steroid dienone is 1. The van der Waals surface area contributed by atoms with Crippen LogP contribution in [0.5, 0.6) is 0 Å². The van der Waals surface area contributed by atoms with Gasteiger partial charge in [0, 0.05) is 35.6 Å². The van der Waals surface area contributed by atoms with Gasteiger partial charge >= 0.3 is 17.8 Å². The lowest BCUT2D eigenvalue weighted by Crippen LogP contribution is -2.39. The summed E-state index contributed by atoms with van der Waals surface area (Å²) in [7, 11) is 1.18. The van der Waals surface area contributed by atoms with E-state index in [4.69, 9.17) is 14.6 Å². The SMILES string of the molecule is COC(=O)C1=C(C)N(c2cccc(C(F)(F)F)c2)c2n[nH]c(=O)n2[C@@H]1c1ccc(C#N)cc1C[n+]1ccccc1.O=C[O-]. The molecule has 0 radical (unpaired) electrons. The third kappa shape index (κ3) is 6.01. The second-order valence-electron chi connectivity index (χ2n) is 9.14. The van der Waals surface area contributed by atoms with Crippen molar-refractivity contribution in [1.82, 2.24) is 14.8 Å². The number of esters is 1. The largest absolute Gasteiger partial charge is 0.554 e. The first-order valence-corrected chi connectivity index (χ1v) is 12.5. The van der Waals surface area contributed by atoms with Crippen LogP contribution in [0, 0.1) is 11.3 Å². The van der Waals surface area contributed by atoms with E-state index in [1.807, 2.05) is 35.2 Å². The number of hydrogen-bond donors (Lipinski definition) is 1. The Morgan fingerprint density at radius 2 is 1.88 bits per heavy atom. The molecule has 1 aliphatic rings. The van der Waals surface area contributed by atoms with E-state index in [0.29, 0.717) is 23.2 Å².